The number of thiocarbonyl (C=S) groups is 1. The largest absolute Gasteiger partial charge is 0.389 e. The summed E-state index contributed by atoms with van der Waals surface area (Å²) < 4.78 is 14.1. The topological polar surface area (TPSA) is 38.0 Å². The first-order valence-electron chi connectivity index (χ1n) is 5.60. The molecule has 98 valence electrons. The third kappa shape index (κ3) is 3.30. The Morgan fingerprint density at radius 3 is 2.63 bits per heavy atom. The van der Waals surface area contributed by atoms with Crippen LogP contribution in [0, 0.1) is 12.7 Å². The number of halogens is 2. The van der Waals surface area contributed by atoms with Crippen LogP contribution in [0.25, 0.3) is 0 Å². The maximum atomic E-state index is 13.2. The van der Waals surface area contributed by atoms with Crippen LogP contribution in [0.3, 0.4) is 0 Å². The zero-order valence-corrected chi connectivity index (χ0v) is 12.6. The van der Waals surface area contributed by atoms with Gasteiger partial charge in [-0.1, -0.05) is 28.1 Å². The average Bonchev–Trinajstić information content (AvgIpc) is 2.33. The summed E-state index contributed by atoms with van der Waals surface area (Å²) in [4.78, 5) is 0.314. The van der Waals surface area contributed by atoms with E-state index in [2.05, 4.69) is 21.2 Å². The molecule has 0 aliphatic rings. The summed E-state index contributed by atoms with van der Waals surface area (Å²) in [5.41, 5.74) is 8.59. The van der Waals surface area contributed by atoms with Gasteiger partial charge in [0.05, 0.1) is 0 Å². The Hall–Kier alpha value is -1.46. The van der Waals surface area contributed by atoms with Gasteiger partial charge in [-0.05, 0) is 48.9 Å². The van der Waals surface area contributed by atoms with Crippen molar-refractivity contribution in [2.75, 3.05) is 5.32 Å². The van der Waals surface area contributed by atoms with Gasteiger partial charge in [0.15, 0.2) is 0 Å². The van der Waals surface area contributed by atoms with Crippen molar-refractivity contribution >= 4 is 44.5 Å². The van der Waals surface area contributed by atoms with Crippen molar-refractivity contribution in [1.29, 1.82) is 0 Å². The SMILES string of the molecule is Cc1cc(Nc2cc(Br)ccc2C(N)=S)ccc1F. The van der Waals surface area contributed by atoms with Gasteiger partial charge >= 0.3 is 0 Å². The van der Waals surface area contributed by atoms with Crippen LogP contribution >= 0.6 is 28.1 Å². The van der Waals surface area contributed by atoms with E-state index in [1.165, 1.54) is 6.07 Å². The van der Waals surface area contributed by atoms with Crippen LogP contribution in [-0.2, 0) is 0 Å². The summed E-state index contributed by atoms with van der Waals surface area (Å²) in [6.45, 7) is 1.72. The minimum absolute atomic E-state index is 0.227. The average molecular weight is 339 g/mol. The second kappa shape index (κ2) is 5.67. The predicted octanol–water partition coefficient (Wildman–Crippen LogP) is 4.27. The van der Waals surface area contributed by atoms with Gasteiger partial charge in [0, 0.05) is 21.4 Å². The molecule has 2 nitrogen and oxygen atoms in total. The zero-order valence-electron chi connectivity index (χ0n) is 10.2. The molecule has 2 rings (SSSR count). The van der Waals surface area contributed by atoms with Gasteiger partial charge in [0.1, 0.15) is 10.8 Å². The second-order valence-corrected chi connectivity index (χ2v) is 5.50. The Labute approximate surface area is 124 Å². The fourth-order valence-electron chi connectivity index (χ4n) is 1.71. The molecule has 0 atom stereocenters. The molecule has 0 bridgehead atoms. The summed E-state index contributed by atoms with van der Waals surface area (Å²) in [5.74, 6) is -0.227. The minimum atomic E-state index is -0.227. The molecule has 0 radical (unpaired) electrons. The van der Waals surface area contributed by atoms with Crippen LogP contribution < -0.4 is 11.1 Å². The fourth-order valence-corrected chi connectivity index (χ4v) is 2.25. The van der Waals surface area contributed by atoms with Crippen molar-refractivity contribution in [2.45, 2.75) is 6.92 Å². The number of rotatable bonds is 3. The van der Waals surface area contributed by atoms with Crippen molar-refractivity contribution in [2.24, 2.45) is 5.73 Å². The summed E-state index contributed by atoms with van der Waals surface area (Å²) in [6, 6.07) is 10.4. The van der Waals surface area contributed by atoms with Crippen molar-refractivity contribution in [3.05, 3.63) is 57.8 Å². The molecule has 19 heavy (non-hydrogen) atoms. The first-order chi connectivity index (χ1) is 8.97. The van der Waals surface area contributed by atoms with E-state index in [0.29, 0.717) is 10.6 Å². The summed E-state index contributed by atoms with van der Waals surface area (Å²) in [6.07, 6.45) is 0. The van der Waals surface area contributed by atoms with E-state index >= 15 is 0 Å². The zero-order chi connectivity index (χ0) is 14.0. The van der Waals surface area contributed by atoms with E-state index in [4.69, 9.17) is 18.0 Å². The number of nitrogens with two attached hydrogens (primary N) is 1. The van der Waals surface area contributed by atoms with Gasteiger partial charge in [0.25, 0.3) is 0 Å². The molecule has 0 saturated carbocycles. The summed E-state index contributed by atoms with van der Waals surface area (Å²) >= 11 is 8.42. The van der Waals surface area contributed by atoms with Gasteiger partial charge in [-0.15, -0.1) is 0 Å². The van der Waals surface area contributed by atoms with Crippen LogP contribution in [0.2, 0.25) is 0 Å². The van der Waals surface area contributed by atoms with E-state index in [0.717, 1.165) is 21.4 Å². The standard InChI is InChI=1S/C14H12BrFN2S/c1-8-6-10(3-5-12(8)16)18-13-7-9(15)2-4-11(13)14(17)19/h2-7,18H,1H3,(H2,17,19). The fraction of sp³-hybridized carbons (Fsp3) is 0.0714. The highest BCUT2D eigenvalue weighted by molar-refractivity contribution is 9.10. The summed E-state index contributed by atoms with van der Waals surface area (Å²) in [5, 5.41) is 3.20. The normalized spacial score (nSPS) is 10.3. The number of nitrogens with one attached hydrogen (secondary N) is 1. The van der Waals surface area contributed by atoms with E-state index < -0.39 is 0 Å². The molecule has 0 spiro atoms. The maximum Gasteiger partial charge on any atom is 0.126 e. The molecular formula is C14H12BrFN2S. The molecule has 0 aromatic heterocycles. The van der Waals surface area contributed by atoms with Crippen LogP contribution in [0.5, 0.6) is 0 Å². The third-order valence-electron chi connectivity index (χ3n) is 2.68. The van der Waals surface area contributed by atoms with Crippen LogP contribution in [0.15, 0.2) is 40.9 Å². The van der Waals surface area contributed by atoms with Gasteiger partial charge in [-0.25, -0.2) is 4.39 Å². The smallest absolute Gasteiger partial charge is 0.126 e. The number of benzene rings is 2. The molecule has 0 unspecified atom stereocenters. The monoisotopic (exact) mass is 338 g/mol. The maximum absolute atomic E-state index is 13.2. The molecule has 0 heterocycles. The molecule has 2 aromatic rings. The molecule has 5 heteroatoms. The van der Waals surface area contributed by atoms with E-state index in [-0.39, 0.29) is 5.82 Å². The van der Waals surface area contributed by atoms with Gasteiger partial charge in [0.2, 0.25) is 0 Å². The Morgan fingerprint density at radius 1 is 1.26 bits per heavy atom. The van der Waals surface area contributed by atoms with Crippen molar-refractivity contribution in [3.63, 3.8) is 0 Å². The number of hydrogen-bond donors (Lipinski definition) is 2. The lowest BCUT2D eigenvalue weighted by atomic mass is 10.1. The molecule has 0 aliphatic heterocycles. The Kier molecular flexibility index (Phi) is 4.17. The Morgan fingerprint density at radius 2 is 2.00 bits per heavy atom. The first-order valence-corrected chi connectivity index (χ1v) is 6.80. The number of anilines is 2. The molecule has 0 aliphatic carbocycles. The molecule has 0 amide bonds. The molecule has 3 N–H and O–H groups in total. The number of hydrogen-bond acceptors (Lipinski definition) is 2. The van der Waals surface area contributed by atoms with Crippen LogP contribution in [0.4, 0.5) is 15.8 Å². The first kappa shape index (κ1) is 14.0. The van der Waals surface area contributed by atoms with Crippen molar-refractivity contribution in [1.82, 2.24) is 0 Å². The third-order valence-corrected chi connectivity index (χ3v) is 3.40. The summed E-state index contributed by atoms with van der Waals surface area (Å²) in [7, 11) is 0. The highest BCUT2D eigenvalue weighted by atomic mass is 79.9. The lowest BCUT2D eigenvalue weighted by molar-refractivity contribution is 0.619. The highest BCUT2D eigenvalue weighted by Gasteiger charge is 2.07. The minimum Gasteiger partial charge on any atom is -0.389 e. The van der Waals surface area contributed by atoms with Gasteiger partial charge in [-0.2, -0.15) is 0 Å². The predicted molar refractivity (Wildman–Crippen MR) is 84.4 cm³/mol. The lowest BCUT2D eigenvalue weighted by Crippen LogP contribution is -2.11. The van der Waals surface area contributed by atoms with Crippen LogP contribution in [-0.4, -0.2) is 4.99 Å². The van der Waals surface area contributed by atoms with E-state index in [1.807, 2.05) is 18.2 Å². The lowest BCUT2D eigenvalue weighted by Gasteiger charge is -2.12. The van der Waals surface area contributed by atoms with Crippen molar-refractivity contribution < 1.29 is 4.39 Å². The van der Waals surface area contributed by atoms with Crippen molar-refractivity contribution in [3.8, 4) is 0 Å². The van der Waals surface area contributed by atoms with E-state index in [9.17, 15) is 4.39 Å². The van der Waals surface area contributed by atoms with E-state index in [1.54, 1.807) is 19.1 Å². The Balaban J connectivity index is 2.39. The molecule has 2 aromatic carbocycles. The van der Waals surface area contributed by atoms with Crippen LogP contribution in [0.1, 0.15) is 11.1 Å². The number of aryl methyl sites for hydroxylation is 1. The molecular weight excluding hydrogens is 327 g/mol. The highest BCUT2D eigenvalue weighted by Crippen LogP contribution is 2.26. The molecule has 0 fully saturated rings. The second-order valence-electron chi connectivity index (χ2n) is 4.14. The quantitative estimate of drug-likeness (QED) is 0.820. The van der Waals surface area contributed by atoms with Gasteiger partial charge < -0.3 is 11.1 Å². The van der Waals surface area contributed by atoms with Gasteiger partial charge in [-0.3, -0.25) is 0 Å². The Bertz CT molecular complexity index is 643. The molecule has 0 saturated heterocycles.